The van der Waals surface area contributed by atoms with Crippen LogP contribution < -0.4 is 16.8 Å². The Bertz CT molecular complexity index is 816. The predicted molar refractivity (Wildman–Crippen MR) is 101 cm³/mol. The molecule has 2 aromatic rings. The molecular formula is C16H16BrClN6. The van der Waals surface area contributed by atoms with Crippen molar-refractivity contribution in [1.82, 2.24) is 9.97 Å². The monoisotopic (exact) mass is 406 g/mol. The van der Waals surface area contributed by atoms with Crippen molar-refractivity contribution >= 4 is 50.8 Å². The standard InChI is InChI=1S/C16H16BrClN6/c17-10-8-21-16(22-13-4-2-1-3-11(13)18)24-15(10)23-14(20)7-12(19)9-5-6-9/h1-4,7-9H,5-6,19H2,(H3,20,21,22,23,24)/b12-7-. The van der Waals surface area contributed by atoms with Crippen molar-refractivity contribution in [3.05, 3.63) is 51.7 Å². The molecule has 6 nitrogen and oxygen atoms in total. The van der Waals surface area contributed by atoms with Crippen molar-refractivity contribution in [2.45, 2.75) is 12.8 Å². The third-order valence-electron chi connectivity index (χ3n) is 3.44. The van der Waals surface area contributed by atoms with Crippen LogP contribution in [-0.4, -0.2) is 15.8 Å². The molecule has 1 fully saturated rings. The van der Waals surface area contributed by atoms with Gasteiger partial charge in [-0.05, 0) is 52.9 Å². The Balaban J connectivity index is 1.83. The van der Waals surface area contributed by atoms with E-state index in [-0.39, 0.29) is 0 Å². The van der Waals surface area contributed by atoms with Crippen molar-refractivity contribution in [2.24, 2.45) is 22.4 Å². The number of aliphatic imine (C=N–C) groups is 1. The van der Waals surface area contributed by atoms with Gasteiger partial charge in [0.25, 0.3) is 0 Å². The van der Waals surface area contributed by atoms with Gasteiger partial charge in [-0.2, -0.15) is 4.98 Å². The molecule has 0 atom stereocenters. The number of nitrogens with zero attached hydrogens (tertiary/aromatic N) is 3. The van der Waals surface area contributed by atoms with Crippen LogP contribution in [0.15, 0.2) is 51.7 Å². The number of aromatic nitrogens is 2. The molecule has 0 radical (unpaired) electrons. The van der Waals surface area contributed by atoms with Gasteiger partial charge < -0.3 is 16.8 Å². The number of anilines is 2. The number of hydrogen-bond acceptors (Lipinski definition) is 5. The predicted octanol–water partition coefficient (Wildman–Crippen LogP) is 3.88. The molecule has 3 rings (SSSR count). The molecule has 0 bridgehead atoms. The van der Waals surface area contributed by atoms with E-state index in [2.05, 4.69) is 36.2 Å². The Morgan fingerprint density at radius 2 is 2.08 bits per heavy atom. The normalized spacial score (nSPS) is 15.4. The van der Waals surface area contributed by atoms with E-state index in [1.807, 2.05) is 18.2 Å². The van der Waals surface area contributed by atoms with Gasteiger partial charge in [-0.15, -0.1) is 0 Å². The summed E-state index contributed by atoms with van der Waals surface area (Å²) < 4.78 is 0.633. The molecule has 0 unspecified atom stereocenters. The van der Waals surface area contributed by atoms with E-state index >= 15 is 0 Å². The summed E-state index contributed by atoms with van der Waals surface area (Å²) in [6.45, 7) is 0. The minimum Gasteiger partial charge on any atom is -0.402 e. The minimum atomic E-state index is 0.308. The fourth-order valence-corrected chi connectivity index (χ4v) is 2.50. The maximum absolute atomic E-state index is 6.13. The first-order valence-electron chi connectivity index (χ1n) is 7.38. The molecule has 0 amide bonds. The number of halogens is 2. The Morgan fingerprint density at radius 3 is 2.79 bits per heavy atom. The zero-order chi connectivity index (χ0) is 17.1. The summed E-state index contributed by atoms with van der Waals surface area (Å²) in [7, 11) is 0. The molecule has 0 spiro atoms. The molecule has 24 heavy (non-hydrogen) atoms. The van der Waals surface area contributed by atoms with E-state index in [0.29, 0.717) is 38.7 Å². The molecule has 0 saturated heterocycles. The van der Waals surface area contributed by atoms with Crippen molar-refractivity contribution in [3.8, 4) is 0 Å². The summed E-state index contributed by atoms with van der Waals surface area (Å²) in [6.07, 6.45) is 5.51. The first-order chi connectivity index (χ1) is 11.5. The zero-order valence-electron chi connectivity index (χ0n) is 12.7. The van der Waals surface area contributed by atoms with Gasteiger partial charge in [0, 0.05) is 11.9 Å². The summed E-state index contributed by atoms with van der Waals surface area (Å²) in [5.41, 5.74) is 13.4. The summed E-state index contributed by atoms with van der Waals surface area (Å²) in [4.78, 5) is 12.9. The maximum Gasteiger partial charge on any atom is 0.229 e. The fourth-order valence-electron chi connectivity index (χ4n) is 2.04. The van der Waals surface area contributed by atoms with Crippen LogP contribution in [0, 0.1) is 5.92 Å². The Hall–Kier alpha value is -2.12. The molecular weight excluding hydrogens is 392 g/mol. The lowest BCUT2D eigenvalue weighted by Crippen LogP contribution is -2.12. The fraction of sp³-hybridized carbons (Fsp3) is 0.188. The smallest absolute Gasteiger partial charge is 0.229 e. The first-order valence-corrected chi connectivity index (χ1v) is 8.55. The number of benzene rings is 1. The van der Waals surface area contributed by atoms with E-state index in [4.69, 9.17) is 23.1 Å². The molecule has 1 aromatic heterocycles. The van der Waals surface area contributed by atoms with Gasteiger partial charge in [-0.3, -0.25) is 0 Å². The van der Waals surface area contributed by atoms with Gasteiger partial charge in [0.1, 0.15) is 5.84 Å². The lowest BCUT2D eigenvalue weighted by molar-refractivity contribution is 0.982. The number of nitrogens with two attached hydrogens (primary N) is 2. The molecule has 0 aliphatic heterocycles. The first kappa shape index (κ1) is 16.7. The lowest BCUT2D eigenvalue weighted by Gasteiger charge is -2.07. The van der Waals surface area contributed by atoms with Gasteiger partial charge in [0.2, 0.25) is 5.95 Å². The van der Waals surface area contributed by atoms with Crippen molar-refractivity contribution in [3.63, 3.8) is 0 Å². The highest BCUT2D eigenvalue weighted by Crippen LogP contribution is 2.33. The van der Waals surface area contributed by atoms with Crippen molar-refractivity contribution < 1.29 is 0 Å². The third-order valence-corrected chi connectivity index (χ3v) is 4.33. The number of allylic oxidation sites excluding steroid dienone is 1. The topological polar surface area (TPSA) is 102 Å². The molecule has 8 heteroatoms. The van der Waals surface area contributed by atoms with E-state index in [1.54, 1.807) is 18.3 Å². The highest BCUT2D eigenvalue weighted by Gasteiger charge is 2.24. The highest BCUT2D eigenvalue weighted by molar-refractivity contribution is 9.10. The second-order valence-corrected chi connectivity index (χ2v) is 6.69. The molecule has 1 aliphatic rings. The quantitative estimate of drug-likeness (QED) is 0.515. The molecule has 1 saturated carbocycles. The Morgan fingerprint density at radius 1 is 1.33 bits per heavy atom. The van der Waals surface area contributed by atoms with Crippen LogP contribution in [0.25, 0.3) is 0 Å². The van der Waals surface area contributed by atoms with E-state index in [9.17, 15) is 0 Å². The van der Waals surface area contributed by atoms with Crippen LogP contribution in [-0.2, 0) is 0 Å². The van der Waals surface area contributed by atoms with Crippen LogP contribution in [0.5, 0.6) is 0 Å². The second kappa shape index (κ2) is 7.19. The van der Waals surface area contributed by atoms with Crippen LogP contribution >= 0.6 is 27.5 Å². The molecule has 124 valence electrons. The number of hydrogen-bond donors (Lipinski definition) is 3. The van der Waals surface area contributed by atoms with Gasteiger partial charge >= 0.3 is 0 Å². The lowest BCUT2D eigenvalue weighted by atomic mass is 10.3. The number of amidine groups is 1. The van der Waals surface area contributed by atoms with Gasteiger partial charge in [0.05, 0.1) is 15.2 Å². The highest BCUT2D eigenvalue weighted by atomic mass is 79.9. The van der Waals surface area contributed by atoms with E-state index in [1.165, 1.54) is 0 Å². The molecule has 1 aromatic carbocycles. The SMILES string of the molecule is NC(/C=C(\N)C1CC1)=Nc1nc(Nc2ccccc2Cl)ncc1Br. The number of rotatable bonds is 5. The zero-order valence-corrected chi connectivity index (χ0v) is 15.0. The summed E-state index contributed by atoms with van der Waals surface area (Å²) in [6, 6.07) is 7.34. The van der Waals surface area contributed by atoms with Crippen LogP contribution in [0.2, 0.25) is 5.02 Å². The number of nitrogens with one attached hydrogen (secondary N) is 1. The minimum absolute atomic E-state index is 0.308. The Labute approximate surface area is 153 Å². The van der Waals surface area contributed by atoms with Crippen LogP contribution in [0.4, 0.5) is 17.5 Å². The summed E-state index contributed by atoms with van der Waals surface area (Å²) in [5.74, 6) is 1.53. The second-order valence-electron chi connectivity index (χ2n) is 5.43. The third kappa shape index (κ3) is 4.24. The summed E-state index contributed by atoms with van der Waals surface area (Å²) >= 11 is 9.50. The van der Waals surface area contributed by atoms with Gasteiger partial charge in [-0.25, -0.2) is 9.98 Å². The van der Waals surface area contributed by atoms with E-state index in [0.717, 1.165) is 18.5 Å². The van der Waals surface area contributed by atoms with Crippen molar-refractivity contribution in [2.75, 3.05) is 5.32 Å². The van der Waals surface area contributed by atoms with E-state index < -0.39 is 0 Å². The Kier molecular flexibility index (Phi) is 5.01. The summed E-state index contributed by atoms with van der Waals surface area (Å²) in [5, 5.41) is 3.63. The maximum atomic E-state index is 6.13. The molecule has 5 N–H and O–H groups in total. The average molecular weight is 408 g/mol. The van der Waals surface area contributed by atoms with Crippen molar-refractivity contribution in [1.29, 1.82) is 0 Å². The average Bonchev–Trinajstić information content (AvgIpc) is 3.37. The van der Waals surface area contributed by atoms with Gasteiger partial charge in [0.15, 0.2) is 5.82 Å². The largest absolute Gasteiger partial charge is 0.402 e. The van der Waals surface area contributed by atoms with Crippen LogP contribution in [0.1, 0.15) is 12.8 Å². The molecule has 1 aliphatic carbocycles. The number of para-hydroxylation sites is 1. The van der Waals surface area contributed by atoms with Crippen LogP contribution in [0.3, 0.4) is 0 Å². The van der Waals surface area contributed by atoms with Gasteiger partial charge in [-0.1, -0.05) is 23.7 Å². The molecule has 1 heterocycles.